The number of phenols is 1. The molecule has 0 fully saturated rings. The Hall–Kier alpha value is -1.46. The molecule has 0 saturated carbocycles. The fraction of sp³-hybridized carbons (Fsp3) is 0.267. The molecule has 0 bridgehead atoms. The minimum atomic E-state index is -0.323. The van der Waals surface area contributed by atoms with Gasteiger partial charge in [0.2, 0.25) is 0 Å². The average Bonchev–Trinajstić information content (AvgIpc) is 2.37. The van der Waals surface area contributed by atoms with Crippen LogP contribution in [0.1, 0.15) is 18.2 Å². The molecule has 20 heavy (non-hydrogen) atoms. The van der Waals surface area contributed by atoms with Crippen LogP contribution < -0.4 is 5.32 Å². The van der Waals surface area contributed by atoms with Crippen molar-refractivity contribution in [2.75, 3.05) is 0 Å². The van der Waals surface area contributed by atoms with Gasteiger partial charge in [0.1, 0.15) is 11.6 Å². The Balaban J connectivity index is 1.90. The average molecular weight is 339 g/mol. The van der Waals surface area contributed by atoms with E-state index in [1.165, 1.54) is 6.07 Å². The Kier molecular flexibility index (Phi) is 5.09. The first-order valence-corrected chi connectivity index (χ1v) is 7.15. The van der Waals surface area contributed by atoms with Gasteiger partial charge in [0, 0.05) is 23.3 Å². The normalized spacial score (nSPS) is 12.3. The highest BCUT2D eigenvalue weighted by atomic mass is 79.9. The van der Waals surface area contributed by atoms with Crippen LogP contribution >= 0.6 is 15.9 Å². The number of benzene rings is 1. The molecule has 2 rings (SSSR count). The van der Waals surface area contributed by atoms with Crippen molar-refractivity contribution in [1.29, 1.82) is 0 Å². The lowest BCUT2D eigenvalue weighted by atomic mass is 10.1. The number of nitrogens with zero attached hydrogens (tertiary/aromatic N) is 1. The molecule has 0 amide bonds. The van der Waals surface area contributed by atoms with Gasteiger partial charge in [-0.15, -0.1) is 0 Å². The predicted molar refractivity (Wildman–Crippen MR) is 80.0 cm³/mol. The van der Waals surface area contributed by atoms with E-state index < -0.39 is 0 Å². The first-order valence-electron chi connectivity index (χ1n) is 6.36. The minimum absolute atomic E-state index is 0.154. The molecule has 3 nitrogen and oxygen atoms in total. The lowest BCUT2D eigenvalue weighted by Crippen LogP contribution is -2.28. The van der Waals surface area contributed by atoms with Gasteiger partial charge in [-0.2, -0.15) is 0 Å². The summed E-state index contributed by atoms with van der Waals surface area (Å²) in [4.78, 5) is 4.05. The van der Waals surface area contributed by atoms with Crippen molar-refractivity contribution in [1.82, 2.24) is 10.3 Å². The van der Waals surface area contributed by atoms with Crippen molar-refractivity contribution in [2.24, 2.45) is 0 Å². The van der Waals surface area contributed by atoms with E-state index in [9.17, 15) is 9.50 Å². The smallest absolute Gasteiger partial charge is 0.147 e. The number of rotatable bonds is 5. The summed E-state index contributed by atoms with van der Waals surface area (Å²) in [6.45, 7) is 2.39. The maximum absolute atomic E-state index is 13.6. The Morgan fingerprint density at radius 2 is 2.20 bits per heavy atom. The van der Waals surface area contributed by atoms with E-state index >= 15 is 0 Å². The van der Waals surface area contributed by atoms with Crippen molar-refractivity contribution < 1.29 is 9.50 Å². The molecule has 0 aliphatic rings. The number of halogens is 2. The first-order chi connectivity index (χ1) is 9.54. The number of hydrogen-bond donors (Lipinski definition) is 2. The summed E-state index contributed by atoms with van der Waals surface area (Å²) in [5.74, 6) is -0.0632. The van der Waals surface area contributed by atoms with Gasteiger partial charge in [0.25, 0.3) is 0 Å². The Bertz CT molecular complexity index is 592. The molecule has 1 unspecified atom stereocenters. The highest BCUT2D eigenvalue weighted by Crippen LogP contribution is 2.14. The summed E-state index contributed by atoms with van der Waals surface area (Å²) >= 11 is 3.18. The van der Waals surface area contributed by atoms with Gasteiger partial charge in [-0.3, -0.25) is 4.98 Å². The van der Waals surface area contributed by atoms with E-state index in [-0.39, 0.29) is 17.6 Å². The number of aromatic nitrogens is 1. The van der Waals surface area contributed by atoms with Gasteiger partial charge in [-0.05, 0) is 53.0 Å². The Morgan fingerprint density at radius 1 is 1.40 bits per heavy atom. The van der Waals surface area contributed by atoms with Crippen LogP contribution in [0.15, 0.2) is 41.0 Å². The molecule has 2 aromatic rings. The molecule has 0 radical (unpaired) electrons. The van der Waals surface area contributed by atoms with Gasteiger partial charge < -0.3 is 10.4 Å². The zero-order chi connectivity index (χ0) is 14.5. The van der Waals surface area contributed by atoms with Gasteiger partial charge in [-0.1, -0.05) is 12.1 Å². The van der Waals surface area contributed by atoms with Crippen molar-refractivity contribution >= 4 is 15.9 Å². The van der Waals surface area contributed by atoms with Crippen LogP contribution in [0.2, 0.25) is 0 Å². The van der Waals surface area contributed by atoms with Crippen molar-refractivity contribution in [3.8, 4) is 5.75 Å². The number of phenolic OH excluding ortho intramolecular Hbond substituents is 1. The third-order valence-corrected chi connectivity index (χ3v) is 3.39. The second-order valence-corrected chi connectivity index (χ2v) is 5.65. The van der Waals surface area contributed by atoms with Crippen LogP contribution in [0.5, 0.6) is 5.75 Å². The van der Waals surface area contributed by atoms with E-state index in [0.29, 0.717) is 16.7 Å². The van der Waals surface area contributed by atoms with E-state index in [0.717, 1.165) is 12.0 Å². The van der Waals surface area contributed by atoms with E-state index in [1.807, 2.05) is 19.1 Å². The number of pyridine rings is 1. The quantitative estimate of drug-likeness (QED) is 0.878. The molecule has 5 heteroatoms. The highest BCUT2D eigenvalue weighted by molar-refractivity contribution is 9.10. The molecule has 1 aromatic carbocycles. The number of hydrogen-bond acceptors (Lipinski definition) is 3. The van der Waals surface area contributed by atoms with Gasteiger partial charge in [0.05, 0.1) is 5.69 Å². The van der Waals surface area contributed by atoms with Crippen LogP contribution in [0.4, 0.5) is 4.39 Å². The monoisotopic (exact) mass is 338 g/mol. The summed E-state index contributed by atoms with van der Waals surface area (Å²) in [7, 11) is 0. The van der Waals surface area contributed by atoms with E-state index in [1.54, 1.807) is 18.3 Å². The predicted octanol–water partition coefficient (Wildman–Crippen LogP) is 3.41. The number of aromatic hydroxyl groups is 1. The SMILES string of the molecule is CC(Cc1cccc(O)c1)NCc1ncc(Br)cc1F. The molecule has 0 spiro atoms. The second kappa shape index (κ2) is 6.81. The first kappa shape index (κ1) is 14.9. The molecule has 2 N–H and O–H groups in total. The van der Waals surface area contributed by atoms with Gasteiger partial charge in [0.15, 0.2) is 0 Å². The minimum Gasteiger partial charge on any atom is -0.508 e. The summed E-state index contributed by atoms with van der Waals surface area (Å²) in [6.07, 6.45) is 2.34. The fourth-order valence-corrected chi connectivity index (χ4v) is 2.26. The lowest BCUT2D eigenvalue weighted by Gasteiger charge is -2.14. The third-order valence-electron chi connectivity index (χ3n) is 2.95. The molecular formula is C15H16BrFN2O. The van der Waals surface area contributed by atoms with Crippen LogP contribution in [0, 0.1) is 5.82 Å². The molecule has 106 valence electrons. The van der Waals surface area contributed by atoms with Crippen molar-refractivity contribution in [2.45, 2.75) is 25.9 Å². The molecule has 1 heterocycles. The highest BCUT2D eigenvalue weighted by Gasteiger charge is 2.08. The second-order valence-electron chi connectivity index (χ2n) is 4.74. The van der Waals surface area contributed by atoms with Crippen molar-refractivity contribution in [3.05, 3.63) is 58.1 Å². The molecule has 0 aliphatic heterocycles. The fourth-order valence-electron chi connectivity index (χ4n) is 1.95. The Morgan fingerprint density at radius 3 is 2.90 bits per heavy atom. The Labute approximate surface area is 126 Å². The third kappa shape index (κ3) is 4.28. The van der Waals surface area contributed by atoms with Crippen LogP contribution in [-0.2, 0) is 13.0 Å². The topological polar surface area (TPSA) is 45.1 Å². The van der Waals surface area contributed by atoms with Crippen molar-refractivity contribution in [3.63, 3.8) is 0 Å². The molecular weight excluding hydrogens is 323 g/mol. The van der Waals surface area contributed by atoms with E-state index in [2.05, 4.69) is 26.2 Å². The molecule has 0 aliphatic carbocycles. The summed E-state index contributed by atoms with van der Waals surface area (Å²) in [6, 6.07) is 8.70. The molecule has 1 atom stereocenters. The van der Waals surface area contributed by atoms with Gasteiger partial charge >= 0.3 is 0 Å². The van der Waals surface area contributed by atoms with Gasteiger partial charge in [-0.25, -0.2) is 4.39 Å². The van der Waals surface area contributed by atoms with Crippen LogP contribution in [-0.4, -0.2) is 16.1 Å². The van der Waals surface area contributed by atoms with Crippen LogP contribution in [0.3, 0.4) is 0 Å². The standard InChI is InChI=1S/C15H16BrFN2O/c1-10(5-11-3-2-4-13(20)6-11)18-9-15-14(17)7-12(16)8-19-15/h2-4,6-8,10,18,20H,5,9H2,1H3. The maximum Gasteiger partial charge on any atom is 0.147 e. The zero-order valence-electron chi connectivity index (χ0n) is 11.1. The van der Waals surface area contributed by atoms with Crippen LogP contribution in [0.25, 0.3) is 0 Å². The lowest BCUT2D eigenvalue weighted by molar-refractivity contribution is 0.473. The van der Waals surface area contributed by atoms with E-state index in [4.69, 9.17) is 0 Å². The summed E-state index contributed by atoms with van der Waals surface area (Å²) in [5.41, 5.74) is 1.44. The summed E-state index contributed by atoms with van der Waals surface area (Å²) in [5, 5.41) is 12.6. The maximum atomic E-state index is 13.6. The molecule has 1 aromatic heterocycles. The largest absolute Gasteiger partial charge is 0.508 e. The number of nitrogens with one attached hydrogen (secondary N) is 1. The molecule has 0 saturated heterocycles. The zero-order valence-corrected chi connectivity index (χ0v) is 12.7. The summed E-state index contributed by atoms with van der Waals surface area (Å²) < 4.78 is 14.2.